The number of aromatic nitrogens is 3. The Bertz CT molecular complexity index is 1100. The van der Waals surface area contributed by atoms with Crippen LogP contribution in [-0.2, 0) is 0 Å². The molecule has 1 aliphatic heterocycles. The summed E-state index contributed by atoms with van der Waals surface area (Å²) in [5, 5.41) is 11.1. The molecular weight excluding hydrogens is 362 g/mol. The van der Waals surface area contributed by atoms with Gasteiger partial charge in [0.25, 0.3) is 5.89 Å². The first-order valence-corrected chi connectivity index (χ1v) is 8.83. The molecule has 2 aromatic heterocycles. The molecule has 3 heterocycles. The lowest BCUT2D eigenvalue weighted by Crippen LogP contribution is -2.44. The number of rotatable bonds is 2. The number of piperazine rings is 1. The second-order valence-corrected chi connectivity index (χ2v) is 6.70. The highest BCUT2D eigenvalue weighted by Gasteiger charge is 2.26. The van der Waals surface area contributed by atoms with Crippen molar-refractivity contribution in [3.63, 3.8) is 0 Å². The van der Waals surface area contributed by atoms with Crippen LogP contribution in [-0.4, -0.2) is 46.7 Å². The Labute approximate surface area is 163 Å². The maximum Gasteiger partial charge on any atom is 0.260 e. The third-order valence-electron chi connectivity index (χ3n) is 5.09. The van der Waals surface area contributed by atoms with Crippen LogP contribution in [0.3, 0.4) is 0 Å². The van der Waals surface area contributed by atoms with Crippen molar-refractivity contribution in [2.45, 2.75) is 6.04 Å². The first-order valence-electron chi connectivity index (χ1n) is 8.83. The molecule has 1 N–H and O–H groups in total. The average Bonchev–Trinajstić information content (AvgIpc) is 3.17. The highest BCUT2D eigenvalue weighted by molar-refractivity contribution is 6.11. The van der Waals surface area contributed by atoms with E-state index in [-0.39, 0.29) is 18.4 Å². The molecule has 0 spiro atoms. The SMILES string of the molecule is CN1CCNCC1c1noc(-c2cc3ccccc3c3cccnc23)n1.Cl. The smallest absolute Gasteiger partial charge is 0.260 e. The van der Waals surface area contributed by atoms with Gasteiger partial charge in [0, 0.05) is 31.2 Å². The lowest BCUT2D eigenvalue weighted by atomic mass is 10.0. The zero-order valence-electron chi connectivity index (χ0n) is 14.9. The summed E-state index contributed by atoms with van der Waals surface area (Å²) < 4.78 is 5.65. The molecule has 1 unspecified atom stereocenters. The van der Waals surface area contributed by atoms with Crippen LogP contribution in [0.25, 0.3) is 33.1 Å². The van der Waals surface area contributed by atoms with Gasteiger partial charge in [0.05, 0.1) is 17.1 Å². The van der Waals surface area contributed by atoms with E-state index in [1.807, 2.05) is 18.2 Å². The Morgan fingerprint density at radius 3 is 2.89 bits per heavy atom. The van der Waals surface area contributed by atoms with Crippen molar-refractivity contribution in [3.8, 4) is 11.5 Å². The number of hydrogen-bond donors (Lipinski definition) is 1. The number of likely N-dealkylation sites (N-methyl/N-ethyl adjacent to an activating group) is 1. The van der Waals surface area contributed by atoms with Gasteiger partial charge in [-0.2, -0.15) is 4.98 Å². The van der Waals surface area contributed by atoms with Crippen LogP contribution in [0, 0.1) is 0 Å². The van der Waals surface area contributed by atoms with E-state index in [1.54, 1.807) is 6.20 Å². The summed E-state index contributed by atoms with van der Waals surface area (Å²) in [6.07, 6.45) is 1.80. The van der Waals surface area contributed by atoms with Crippen molar-refractivity contribution in [2.75, 3.05) is 26.7 Å². The van der Waals surface area contributed by atoms with Crippen LogP contribution in [0.4, 0.5) is 0 Å². The Morgan fingerprint density at radius 2 is 2.00 bits per heavy atom. The molecule has 6 nitrogen and oxygen atoms in total. The van der Waals surface area contributed by atoms with Crippen molar-refractivity contribution in [1.29, 1.82) is 0 Å². The maximum absolute atomic E-state index is 5.65. The number of halogens is 1. The van der Waals surface area contributed by atoms with Crippen molar-refractivity contribution in [1.82, 2.24) is 25.3 Å². The molecule has 27 heavy (non-hydrogen) atoms. The fourth-order valence-electron chi connectivity index (χ4n) is 3.67. The third kappa shape index (κ3) is 3.06. The van der Waals surface area contributed by atoms with Crippen LogP contribution in [0.15, 0.2) is 53.2 Å². The van der Waals surface area contributed by atoms with Gasteiger partial charge in [0.15, 0.2) is 5.82 Å². The summed E-state index contributed by atoms with van der Waals surface area (Å²) in [7, 11) is 2.09. The largest absolute Gasteiger partial charge is 0.334 e. The molecule has 0 saturated carbocycles. The van der Waals surface area contributed by atoms with Gasteiger partial charge < -0.3 is 9.84 Å². The summed E-state index contributed by atoms with van der Waals surface area (Å²) >= 11 is 0. The molecule has 7 heteroatoms. The zero-order chi connectivity index (χ0) is 17.5. The molecule has 138 valence electrons. The molecule has 0 aliphatic carbocycles. The first kappa shape index (κ1) is 17.9. The van der Waals surface area contributed by atoms with E-state index >= 15 is 0 Å². The van der Waals surface area contributed by atoms with Gasteiger partial charge in [-0.3, -0.25) is 9.88 Å². The molecule has 5 rings (SSSR count). The number of fused-ring (bicyclic) bond motifs is 3. The predicted octanol–water partition coefficient (Wildman–Crippen LogP) is 3.44. The lowest BCUT2D eigenvalue weighted by Gasteiger charge is -2.30. The Balaban J connectivity index is 0.00000180. The summed E-state index contributed by atoms with van der Waals surface area (Å²) in [5.74, 6) is 1.24. The summed E-state index contributed by atoms with van der Waals surface area (Å²) in [5.41, 5.74) is 1.76. The molecule has 1 saturated heterocycles. The van der Waals surface area contributed by atoms with Crippen LogP contribution in [0.5, 0.6) is 0 Å². The minimum Gasteiger partial charge on any atom is -0.334 e. The molecule has 0 radical (unpaired) electrons. The minimum atomic E-state index is 0. The summed E-state index contributed by atoms with van der Waals surface area (Å²) in [4.78, 5) is 11.6. The summed E-state index contributed by atoms with van der Waals surface area (Å²) in [6.45, 7) is 2.78. The Hall–Kier alpha value is -2.54. The number of nitrogens with one attached hydrogen (secondary N) is 1. The fraction of sp³-hybridized carbons (Fsp3) is 0.250. The second kappa shape index (κ2) is 7.23. The van der Waals surface area contributed by atoms with Gasteiger partial charge in [-0.25, -0.2) is 0 Å². The molecule has 1 fully saturated rings. The molecule has 1 aliphatic rings. The molecule has 1 atom stereocenters. The second-order valence-electron chi connectivity index (χ2n) is 6.70. The van der Waals surface area contributed by atoms with Gasteiger partial charge >= 0.3 is 0 Å². The highest BCUT2D eigenvalue weighted by atomic mass is 35.5. The van der Waals surface area contributed by atoms with Crippen molar-refractivity contribution >= 4 is 34.1 Å². The van der Waals surface area contributed by atoms with E-state index in [1.165, 1.54) is 5.39 Å². The quantitative estimate of drug-likeness (QED) is 0.536. The van der Waals surface area contributed by atoms with Gasteiger partial charge in [0.2, 0.25) is 0 Å². The highest BCUT2D eigenvalue weighted by Crippen LogP contribution is 2.33. The van der Waals surface area contributed by atoms with Gasteiger partial charge in [0.1, 0.15) is 0 Å². The predicted molar refractivity (Wildman–Crippen MR) is 108 cm³/mol. The minimum absolute atomic E-state index is 0. The lowest BCUT2D eigenvalue weighted by molar-refractivity contribution is 0.190. The van der Waals surface area contributed by atoms with Crippen LogP contribution < -0.4 is 5.32 Å². The third-order valence-corrected chi connectivity index (χ3v) is 5.09. The topological polar surface area (TPSA) is 67.1 Å². The summed E-state index contributed by atoms with van der Waals surface area (Å²) in [6, 6.07) is 14.6. The zero-order valence-corrected chi connectivity index (χ0v) is 15.7. The van der Waals surface area contributed by atoms with E-state index in [4.69, 9.17) is 9.51 Å². The molecule has 0 amide bonds. The first-order chi connectivity index (χ1) is 12.8. The van der Waals surface area contributed by atoms with E-state index in [9.17, 15) is 0 Å². The Morgan fingerprint density at radius 1 is 1.15 bits per heavy atom. The maximum atomic E-state index is 5.65. The van der Waals surface area contributed by atoms with Gasteiger partial charge in [-0.05, 0) is 30.0 Å². The van der Waals surface area contributed by atoms with E-state index in [0.717, 1.165) is 41.5 Å². The normalized spacial score (nSPS) is 17.9. The average molecular weight is 382 g/mol. The molecule has 0 bridgehead atoms. The molecular formula is C20H20ClN5O. The van der Waals surface area contributed by atoms with Crippen molar-refractivity contribution in [3.05, 3.63) is 54.5 Å². The number of pyridine rings is 1. The monoisotopic (exact) mass is 381 g/mol. The van der Waals surface area contributed by atoms with Crippen molar-refractivity contribution in [2.24, 2.45) is 0 Å². The van der Waals surface area contributed by atoms with Crippen LogP contribution in [0.1, 0.15) is 11.9 Å². The molecule has 4 aromatic rings. The van der Waals surface area contributed by atoms with E-state index in [2.05, 4.69) is 51.7 Å². The number of benzene rings is 2. The fourth-order valence-corrected chi connectivity index (χ4v) is 3.67. The Kier molecular flexibility index (Phi) is 4.78. The van der Waals surface area contributed by atoms with E-state index in [0.29, 0.717) is 11.7 Å². The van der Waals surface area contributed by atoms with Crippen LogP contribution in [0.2, 0.25) is 0 Å². The van der Waals surface area contributed by atoms with Crippen molar-refractivity contribution < 1.29 is 4.52 Å². The van der Waals surface area contributed by atoms with Crippen LogP contribution >= 0.6 is 12.4 Å². The molecule has 2 aromatic carbocycles. The van der Waals surface area contributed by atoms with Gasteiger partial charge in [-0.15, -0.1) is 12.4 Å². The number of nitrogens with zero attached hydrogens (tertiary/aromatic N) is 4. The van der Waals surface area contributed by atoms with E-state index < -0.39 is 0 Å². The van der Waals surface area contributed by atoms with Gasteiger partial charge in [-0.1, -0.05) is 35.5 Å². The standard InChI is InChI=1S/C20H19N5O.ClH/c1-25-10-9-21-12-17(25)19-23-20(26-24-19)16-11-13-5-2-3-6-14(13)15-7-4-8-22-18(15)16;/h2-8,11,17,21H,9-10,12H2,1H3;1H. The number of hydrogen-bond acceptors (Lipinski definition) is 6.